The highest BCUT2D eigenvalue weighted by Crippen LogP contribution is 2.39. The van der Waals surface area contributed by atoms with Crippen molar-refractivity contribution in [2.75, 3.05) is 0 Å². The second kappa shape index (κ2) is 6.58. The Morgan fingerprint density at radius 2 is 2.05 bits per heavy atom. The molecule has 1 atom stereocenters. The Morgan fingerprint density at radius 1 is 1.29 bits per heavy atom. The van der Waals surface area contributed by atoms with Gasteiger partial charge in [0.05, 0.1) is 10.6 Å². The predicted octanol–water partition coefficient (Wildman–Crippen LogP) is 5.53. The number of rotatable bonds is 4. The van der Waals surface area contributed by atoms with E-state index in [-0.39, 0.29) is 6.04 Å². The second-order valence-electron chi connectivity index (χ2n) is 4.60. The van der Waals surface area contributed by atoms with E-state index in [4.69, 9.17) is 17.3 Å². The molecule has 1 unspecified atom stereocenters. The van der Waals surface area contributed by atoms with Crippen LogP contribution in [0.2, 0.25) is 4.34 Å². The van der Waals surface area contributed by atoms with Gasteiger partial charge in [-0.15, -0.1) is 22.7 Å². The van der Waals surface area contributed by atoms with Gasteiger partial charge in [0.15, 0.2) is 0 Å². The summed E-state index contributed by atoms with van der Waals surface area (Å²) in [6.45, 7) is 0. The van der Waals surface area contributed by atoms with E-state index in [1.54, 1.807) is 11.3 Å². The molecule has 0 bridgehead atoms. The van der Waals surface area contributed by atoms with E-state index in [1.807, 2.05) is 36.4 Å². The van der Waals surface area contributed by atoms with Crippen LogP contribution in [-0.4, -0.2) is 4.98 Å². The standard InChI is InChI=1S/C15H12BrClN2S2/c16-11-7-13(21-14(11)17)15-19-10(8-20-15)6-12(18)9-4-2-1-3-5-9/h1-5,7-8,12H,6,18H2. The topological polar surface area (TPSA) is 38.9 Å². The molecule has 21 heavy (non-hydrogen) atoms. The third-order valence-electron chi connectivity index (χ3n) is 3.06. The largest absolute Gasteiger partial charge is 0.324 e. The lowest BCUT2D eigenvalue weighted by atomic mass is 10.0. The summed E-state index contributed by atoms with van der Waals surface area (Å²) >= 11 is 12.7. The van der Waals surface area contributed by atoms with Crippen molar-refractivity contribution in [2.45, 2.75) is 12.5 Å². The Kier molecular flexibility index (Phi) is 4.76. The fourth-order valence-corrected chi connectivity index (χ4v) is 4.61. The second-order valence-corrected chi connectivity index (χ2v) is 7.96. The minimum Gasteiger partial charge on any atom is -0.324 e. The van der Waals surface area contributed by atoms with Gasteiger partial charge in [-0.2, -0.15) is 0 Å². The molecule has 0 radical (unpaired) electrons. The summed E-state index contributed by atoms with van der Waals surface area (Å²) in [4.78, 5) is 5.75. The van der Waals surface area contributed by atoms with Gasteiger partial charge in [0, 0.05) is 22.3 Å². The molecule has 108 valence electrons. The van der Waals surface area contributed by atoms with Crippen LogP contribution in [0.5, 0.6) is 0 Å². The number of halogens is 2. The molecule has 0 saturated carbocycles. The van der Waals surface area contributed by atoms with Crippen LogP contribution in [0.25, 0.3) is 9.88 Å². The number of hydrogen-bond donors (Lipinski definition) is 1. The average molecular weight is 400 g/mol. The number of thiazole rings is 1. The Bertz CT molecular complexity index is 720. The number of benzene rings is 1. The first-order chi connectivity index (χ1) is 10.1. The van der Waals surface area contributed by atoms with Crippen molar-refractivity contribution in [2.24, 2.45) is 5.73 Å². The normalized spacial score (nSPS) is 12.5. The summed E-state index contributed by atoms with van der Waals surface area (Å²) in [6, 6.07) is 12.1. The van der Waals surface area contributed by atoms with Gasteiger partial charge in [-0.3, -0.25) is 0 Å². The van der Waals surface area contributed by atoms with E-state index < -0.39 is 0 Å². The molecular formula is C15H12BrClN2S2. The van der Waals surface area contributed by atoms with E-state index in [0.29, 0.717) is 0 Å². The van der Waals surface area contributed by atoms with Crippen LogP contribution >= 0.6 is 50.2 Å². The van der Waals surface area contributed by atoms with Crippen molar-refractivity contribution in [3.63, 3.8) is 0 Å². The highest BCUT2D eigenvalue weighted by Gasteiger charge is 2.13. The summed E-state index contributed by atoms with van der Waals surface area (Å²) in [5, 5.41) is 3.06. The van der Waals surface area contributed by atoms with Crippen LogP contribution in [0.15, 0.2) is 46.3 Å². The van der Waals surface area contributed by atoms with Crippen LogP contribution in [0.1, 0.15) is 17.3 Å². The predicted molar refractivity (Wildman–Crippen MR) is 95.2 cm³/mol. The number of thiophene rings is 1. The van der Waals surface area contributed by atoms with Crippen LogP contribution < -0.4 is 5.73 Å². The van der Waals surface area contributed by atoms with E-state index in [2.05, 4.69) is 26.3 Å². The molecule has 3 aromatic rings. The molecule has 0 spiro atoms. The molecule has 1 aromatic carbocycles. The minimum atomic E-state index is -0.0280. The Morgan fingerprint density at radius 3 is 2.71 bits per heavy atom. The molecule has 6 heteroatoms. The van der Waals surface area contributed by atoms with Gasteiger partial charge in [-0.05, 0) is 27.6 Å². The molecule has 2 heterocycles. The van der Waals surface area contributed by atoms with Crippen LogP contribution in [-0.2, 0) is 6.42 Å². The van der Waals surface area contributed by atoms with E-state index >= 15 is 0 Å². The molecule has 0 amide bonds. The fourth-order valence-electron chi connectivity index (χ4n) is 2.01. The smallest absolute Gasteiger partial charge is 0.133 e. The highest BCUT2D eigenvalue weighted by molar-refractivity contribution is 9.10. The van der Waals surface area contributed by atoms with Crippen molar-refractivity contribution in [3.05, 3.63) is 61.8 Å². The zero-order valence-corrected chi connectivity index (χ0v) is 14.9. The van der Waals surface area contributed by atoms with Gasteiger partial charge in [0.25, 0.3) is 0 Å². The van der Waals surface area contributed by atoms with Gasteiger partial charge in [-0.25, -0.2) is 4.98 Å². The average Bonchev–Trinajstić information content (AvgIpc) is 3.07. The lowest BCUT2D eigenvalue weighted by molar-refractivity contribution is 0.710. The molecule has 0 aliphatic rings. The van der Waals surface area contributed by atoms with Crippen molar-refractivity contribution >= 4 is 50.2 Å². The van der Waals surface area contributed by atoms with Gasteiger partial charge in [0.1, 0.15) is 9.34 Å². The number of nitrogens with zero attached hydrogens (tertiary/aromatic N) is 1. The number of hydrogen-bond acceptors (Lipinski definition) is 4. The SMILES string of the molecule is NC(Cc1csc(-c2cc(Br)c(Cl)s2)n1)c1ccccc1. The third kappa shape index (κ3) is 3.55. The number of nitrogens with two attached hydrogens (primary N) is 1. The molecular weight excluding hydrogens is 388 g/mol. The summed E-state index contributed by atoms with van der Waals surface area (Å²) in [5.74, 6) is 0. The van der Waals surface area contributed by atoms with Crippen LogP contribution in [0.4, 0.5) is 0 Å². The fraction of sp³-hybridized carbons (Fsp3) is 0.133. The molecule has 0 aliphatic carbocycles. The highest BCUT2D eigenvalue weighted by atomic mass is 79.9. The van der Waals surface area contributed by atoms with Gasteiger partial charge < -0.3 is 5.73 Å². The van der Waals surface area contributed by atoms with Gasteiger partial charge >= 0.3 is 0 Å². The van der Waals surface area contributed by atoms with Crippen molar-refractivity contribution in [3.8, 4) is 9.88 Å². The lowest BCUT2D eigenvalue weighted by Crippen LogP contribution is -2.13. The van der Waals surface area contributed by atoms with Crippen molar-refractivity contribution in [1.82, 2.24) is 4.98 Å². The molecule has 0 saturated heterocycles. The Balaban J connectivity index is 1.76. The summed E-state index contributed by atoms with van der Waals surface area (Å²) in [7, 11) is 0. The first-order valence-corrected chi connectivity index (χ1v) is 9.20. The zero-order valence-electron chi connectivity index (χ0n) is 10.9. The molecule has 0 aliphatic heterocycles. The Labute approximate surface area is 144 Å². The van der Waals surface area contributed by atoms with Crippen molar-refractivity contribution < 1.29 is 0 Å². The minimum absolute atomic E-state index is 0.0280. The summed E-state index contributed by atoms with van der Waals surface area (Å²) in [5.41, 5.74) is 8.40. The monoisotopic (exact) mass is 398 g/mol. The molecule has 2 nitrogen and oxygen atoms in total. The molecule has 2 N–H and O–H groups in total. The summed E-state index contributed by atoms with van der Waals surface area (Å²) in [6.07, 6.45) is 0.737. The maximum atomic E-state index is 6.24. The first kappa shape index (κ1) is 15.2. The maximum Gasteiger partial charge on any atom is 0.133 e. The van der Waals surface area contributed by atoms with E-state index in [9.17, 15) is 0 Å². The van der Waals surface area contributed by atoms with E-state index in [1.165, 1.54) is 11.3 Å². The third-order valence-corrected chi connectivity index (χ3v) is 6.60. The molecule has 2 aromatic heterocycles. The molecule has 3 rings (SSSR count). The first-order valence-electron chi connectivity index (χ1n) is 6.33. The maximum absolute atomic E-state index is 6.24. The molecule has 0 fully saturated rings. The summed E-state index contributed by atoms with van der Waals surface area (Å²) < 4.78 is 1.67. The zero-order chi connectivity index (χ0) is 14.8. The van der Waals surface area contributed by atoms with Crippen LogP contribution in [0.3, 0.4) is 0 Å². The number of aromatic nitrogens is 1. The van der Waals surface area contributed by atoms with Gasteiger partial charge in [-0.1, -0.05) is 41.9 Å². The van der Waals surface area contributed by atoms with E-state index in [0.717, 1.165) is 36.4 Å². The quantitative estimate of drug-likeness (QED) is 0.626. The van der Waals surface area contributed by atoms with Gasteiger partial charge in [0.2, 0.25) is 0 Å². The Hall–Kier alpha value is -0.720. The van der Waals surface area contributed by atoms with Crippen molar-refractivity contribution in [1.29, 1.82) is 0 Å². The lowest BCUT2D eigenvalue weighted by Gasteiger charge is -2.09. The van der Waals surface area contributed by atoms with Crippen LogP contribution in [0, 0.1) is 0 Å².